The minimum absolute atomic E-state index is 0.0843. The molecule has 0 aromatic heterocycles. The fraction of sp³-hybridized carbons (Fsp3) is 0.562. The summed E-state index contributed by atoms with van der Waals surface area (Å²) in [6.07, 6.45) is 5.17. The highest BCUT2D eigenvalue weighted by molar-refractivity contribution is 5.96. The van der Waals surface area contributed by atoms with Crippen LogP contribution in [0, 0.1) is 0 Å². The second kappa shape index (κ2) is 5.22. The topological polar surface area (TPSA) is 53.6 Å². The Hall–Kier alpha value is -1.75. The monoisotopic (exact) mass is 287 g/mol. The molecule has 4 rings (SSSR count). The summed E-state index contributed by atoms with van der Waals surface area (Å²) in [5.74, 6) is 0.671. The number of piperidine rings is 1. The van der Waals surface area contributed by atoms with E-state index in [2.05, 4.69) is 15.5 Å². The number of nitrogens with one attached hydrogen (secondary N) is 2. The van der Waals surface area contributed by atoms with Gasteiger partial charge in [-0.25, -0.2) is 0 Å². The van der Waals surface area contributed by atoms with E-state index in [9.17, 15) is 4.79 Å². The molecule has 0 spiro atoms. The summed E-state index contributed by atoms with van der Waals surface area (Å²) < 4.78 is 5.40. The van der Waals surface area contributed by atoms with Crippen LogP contribution < -0.4 is 15.4 Å². The number of amides is 1. The summed E-state index contributed by atoms with van der Waals surface area (Å²) in [6, 6.07) is 7.15. The van der Waals surface area contributed by atoms with Crippen LogP contribution >= 0.6 is 0 Å². The SMILES string of the molecule is O=C1COc2ccc(NC3CCN4CCCCC34)cc2N1. The van der Waals surface area contributed by atoms with Gasteiger partial charge in [0.15, 0.2) is 6.61 Å². The predicted octanol–water partition coefficient (Wildman–Crippen LogP) is 2.06. The first kappa shape index (κ1) is 13.0. The quantitative estimate of drug-likeness (QED) is 0.874. The lowest BCUT2D eigenvalue weighted by atomic mass is 9.99. The molecule has 5 heteroatoms. The molecule has 0 bridgehead atoms. The average molecular weight is 287 g/mol. The highest BCUT2D eigenvalue weighted by Crippen LogP contribution is 2.33. The van der Waals surface area contributed by atoms with Crippen molar-refractivity contribution in [1.82, 2.24) is 4.90 Å². The first-order valence-electron chi connectivity index (χ1n) is 7.87. The number of carbonyl (C=O) groups excluding carboxylic acids is 1. The van der Waals surface area contributed by atoms with Crippen molar-refractivity contribution in [3.63, 3.8) is 0 Å². The summed E-state index contributed by atoms with van der Waals surface area (Å²) in [7, 11) is 0. The Labute approximate surface area is 124 Å². The number of carbonyl (C=O) groups is 1. The number of rotatable bonds is 2. The molecule has 1 amide bonds. The maximum absolute atomic E-state index is 11.4. The molecular weight excluding hydrogens is 266 g/mol. The van der Waals surface area contributed by atoms with Crippen molar-refractivity contribution in [2.45, 2.75) is 37.8 Å². The fourth-order valence-corrected chi connectivity index (χ4v) is 3.80. The van der Waals surface area contributed by atoms with E-state index < -0.39 is 0 Å². The van der Waals surface area contributed by atoms with Crippen molar-refractivity contribution in [2.75, 3.05) is 30.3 Å². The summed E-state index contributed by atoms with van der Waals surface area (Å²) in [6.45, 7) is 2.56. The summed E-state index contributed by atoms with van der Waals surface area (Å²) in [5, 5.41) is 6.52. The van der Waals surface area contributed by atoms with Gasteiger partial charge in [0.05, 0.1) is 5.69 Å². The lowest BCUT2D eigenvalue weighted by molar-refractivity contribution is -0.118. The van der Waals surface area contributed by atoms with Crippen LogP contribution in [0.3, 0.4) is 0 Å². The van der Waals surface area contributed by atoms with E-state index in [1.54, 1.807) is 0 Å². The van der Waals surface area contributed by atoms with Crippen molar-refractivity contribution in [3.05, 3.63) is 18.2 Å². The van der Waals surface area contributed by atoms with Gasteiger partial charge >= 0.3 is 0 Å². The molecule has 112 valence electrons. The highest BCUT2D eigenvalue weighted by atomic mass is 16.5. The zero-order valence-electron chi connectivity index (χ0n) is 12.1. The van der Waals surface area contributed by atoms with Crippen LogP contribution in [0.1, 0.15) is 25.7 Å². The number of fused-ring (bicyclic) bond motifs is 2. The number of hydrogen-bond acceptors (Lipinski definition) is 4. The Morgan fingerprint density at radius 2 is 2.19 bits per heavy atom. The van der Waals surface area contributed by atoms with Gasteiger partial charge in [0, 0.05) is 24.3 Å². The second-order valence-corrected chi connectivity index (χ2v) is 6.19. The largest absolute Gasteiger partial charge is 0.482 e. The third kappa shape index (κ3) is 2.46. The van der Waals surface area contributed by atoms with Crippen LogP contribution in [0.2, 0.25) is 0 Å². The molecule has 0 aliphatic carbocycles. The molecule has 1 aromatic rings. The molecule has 2 unspecified atom stereocenters. The minimum Gasteiger partial charge on any atom is -0.482 e. The van der Waals surface area contributed by atoms with E-state index >= 15 is 0 Å². The highest BCUT2D eigenvalue weighted by Gasteiger charge is 2.35. The standard InChI is InChI=1S/C16H21N3O2/c20-16-10-21-15-5-4-11(9-13(15)18-16)17-12-6-8-19-7-2-1-3-14(12)19/h4-5,9,12,14,17H,1-3,6-8,10H2,(H,18,20). The number of nitrogens with zero attached hydrogens (tertiary/aromatic N) is 1. The van der Waals surface area contributed by atoms with Gasteiger partial charge in [-0.1, -0.05) is 6.42 Å². The van der Waals surface area contributed by atoms with Crippen LogP contribution in [0.4, 0.5) is 11.4 Å². The third-order valence-electron chi connectivity index (χ3n) is 4.82. The normalized spacial score (nSPS) is 28.3. The van der Waals surface area contributed by atoms with E-state index in [0.29, 0.717) is 12.1 Å². The van der Waals surface area contributed by atoms with Crippen molar-refractivity contribution in [2.24, 2.45) is 0 Å². The zero-order chi connectivity index (χ0) is 14.2. The van der Waals surface area contributed by atoms with Crippen molar-refractivity contribution in [3.8, 4) is 5.75 Å². The minimum atomic E-state index is -0.0843. The third-order valence-corrected chi connectivity index (χ3v) is 4.82. The van der Waals surface area contributed by atoms with Gasteiger partial charge in [-0.05, 0) is 44.0 Å². The Kier molecular flexibility index (Phi) is 3.22. The smallest absolute Gasteiger partial charge is 0.262 e. The second-order valence-electron chi connectivity index (χ2n) is 6.19. The molecular formula is C16H21N3O2. The molecule has 2 N–H and O–H groups in total. The maximum Gasteiger partial charge on any atom is 0.262 e. The Balaban J connectivity index is 1.50. The zero-order valence-corrected chi connectivity index (χ0v) is 12.1. The molecule has 2 atom stereocenters. The Bertz CT molecular complexity index is 560. The number of benzene rings is 1. The summed E-state index contributed by atoms with van der Waals surface area (Å²) >= 11 is 0. The van der Waals surface area contributed by atoms with Gasteiger partial charge in [-0.15, -0.1) is 0 Å². The number of ether oxygens (including phenoxy) is 1. The van der Waals surface area contributed by atoms with Gasteiger partial charge in [0.1, 0.15) is 5.75 Å². The number of hydrogen-bond donors (Lipinski definition) is 2. The van der Waals surface area contributed by atoms with E-state index in [1.807, 2.05) is 18.2 Å². The van der Waals surface area contributed by atoms with Gasteiger partial charge in [-0.2, -0.15) is 0 Å². The molecule has 5 nitrogen and oxygen atoms in total. The first-order valence-corrected chi connectivity index (χ1v) is 7.87. The molecule has 3 aliphatic rings. The van der Waals surface area contributed by atoms with Gasteiger partial charge in [-0.3, -0.25) is 9.69 Å². The molecule has 0 radical (unpaired) electrons. The lowest BCUT2D eigenvalue weighted by Crippen LogP contribution is -2.41. The first-order chi connectivity index (χ1) is 10.3. The van der Waals surface area contributed by atoms with E-state index in [0.717, 1.165) is 17.1 Å². The molecule has 3 aliphatic heterocycles. The van der Waals surface area contributed by atoms with E-state index in [-0.39, 0.29) is 12.5 Å². The molecule has 1 aromatic carbocycles. The number of anilines is 2. The van der Waals surface area contributed by atoms with Gasteiger partial charge in [0.25, 0.3) is 5.91 Å². The molecule has 3 heterocycles. The average Bonchev–Trinajstić information content (AvgIpc) is 2.90. The predicted molar refractivity (Wildman–Crippen MR) is 81.8 cm³/mol. The summed E-state index contributed by atoms with van der Waals surface area (Å²) in [4.78, 5) is 14.0. The van der Waals surface area contributed by atoms with Crippen LogP contribution in [-0.4, -0.2) is 42.6 Å². The van der Waals surface area contributed by atoms with Crippen molar-refractivity contribution in [1.29, 1.82) is 0 Å². The fourth-order valence-electron chi connectivity index (χ4n) is 3.80. The molecule has 2 saturated heterocycles. The lowest BCUT2D eigenvalue weighted by Gasteiger charge is -2.33. The molecule has 21 heavy (non-hydrogen) atoms. The molecule has 0 saturated carbocycles. The summed E-state index contributed by atoms with van der Waals surface area (Å²) in [5.41, 5.74) is 1.84. The van der Waals surface area contributed by atoms with E-state index in [1.165, 1.54) is 38.8 Å². The van der Waals surface area contributed by atoms with E-state index in [4.69, 9.17) is 4.74 Å². The molecule has 2 fully saturated rings. The van der Waals surface area contributed by atoms with Crippen LogP contribution in [0.25, 0.3) is 0 Å². The van der Waals surface area contributed by atoms with Crippen LogP contribution in [-0.2, 0) is 4.79 Å². The van der Waals surface area contributed by atoms with Crippen molar-refractivity contribution >= 4 is 17.3 Å². The Morgan fingerprint density at radius 3 is 3.14 bits per heavy atom. The van der Waals surface area contributed by atoms with Gasteiger partial charge in [0.2, 0.25) is 0 Å². The Morgan fingerprint density at radius 1 is 1.24 bits per heavy atom. The van der Waals surface area contributed by atoms with Crippen molar-refractivity contribution < 1.29 is 9.53 Å². The van der Waals surface area contributed by atoms with Crippen LogP contribution in [0.15, 0.2) is 18.2 Å². The maximum atomic E-state index is 11.4. The van der Waals surface area contributed by atoms with Crippen LogP contribution in [0.5, 0.6) is 5.75 Å². The van der Waals surface area contributed by atoms with Gasteiger partial charge < -0.3 is 15.4 Å².